The molecule has 1 unspecified atom stereocenters. The predicted octanol–water partition coefficient (Wildman–Crippen LogP) is 4.29. The number of hydrogen-bond acceptors (Lipinski definition) is 0. The first-order valence-electron chi connectivity index (χ1n) is 8.15. The van der Waals surface area contributed by atoms with Crippen LogP contribution < -0.4 is 0 Å². The van der Waals surface area contributed by atoms with Gasteiger partial charge < -0.3 is 4.48 Å². The Morgan fingerprint density at radius 1 is 1.22 bits per heavy atom. The van der Waals surface area contributed by atoms with Crippen LogP contribution in [0.4, 0.5) is 0 Å². The van der Waals surface area contributed by atoms with E-state index >= 15 is 0 Å². The van der Waals surface area contributed by atoms with Gasteiger partial charge in [-0.15, -0.1) is 0 Å². The molecule has 0 aromatic heterocycles. The molecule has 0 bridgehead atoms. The zero-order chi connectivity index (χ0) is 12.8. The van der Waals surface area contributed by atoms with Crippen molar-refractivity contribution in [3.63, 3.8) is 0 Å². The molecule has 2 aliphatic heterocycles. The van der Waals surface area contributed by atoms with Crippen LogP contribution in [-0.4, -0.2) is 30.2 Å². The van der Waals surface area contributed by atoms with Gasteiger partial charge in [0.2, 0.25) is 0 Å². The van der Waals surface area contributed by atoms with Crippen LogP contribution in [-0.2, 0) is 0 Å². The highest BCUT2D eigenvalue weighted by molar-refractivity contribution is 5.29. The number of quaternary nitrogens is 1. The molecule has 3 atom stereocenters. The lowest BCUT2D eigenvalue weighted by Gasteiger charge is -2.51. The molecule has 0 N–H and O–H groups in total. The highest BCUT2D eigenvalue weighted by Gasteiger charge is 2.56. The van der Waals surface area contributed by atoms with E-state index in [0.29, 0.717) is 5.54 Å². The van der Waals surface area contributed by atoms with Crippen molar-refractivity contribution in [2.24, 2.45) is 5.92 Å². The van der Waals surface area contributed by atoms with Crippen LogP contribution in [0.3, 0.4) is 0 Å². The number of rotatable bonds is 2. The van der Waals surface area contributed by atoms with Gasteiger partial charge in [-0.3, -0.25) is 0 Å². The van der Waals surface area contributed by atoms with E-state index in [1.807, 2.05) is 11.1 Å². The average Bonchev–Trinajstić information content (AvgIpc) is 2.62. The molecule has 3 aliphatic rings. The van der Waals surface area contributed by atoms with Crippen LogP contribution in [0.2, 0.25) is 0 Å². The van der Waals surface area contributed by atoms with E-state index in [2.05, 4.69) is 20.9 Å². The summed E-state index contributed by atoms with van der Waals surface area (Å²) in [5.41, 5.74) is 4.28. The Hall–Kier alpha value is -0.300. The summed E-state index contributed by atoms with van der Waals surface area (Å²) in [6.45, 7) is 7.81. The summed E-state index contributed by atoms with van der Waals surface area (Å²) in [6.07, 6.45) is 11.4. The molecule has 0 spiro atoms. The van der Waals surface area contributed by atoms with E-state index in [9.17, 15) is 0 Å². The third kappa shape index (κ3) is 1.70. The maximum Gasteiger partial charge on any atom is 0.118 e. The zero-order valence-corrected chi connectivity index (χ0v) is 12.6. The lowest BCUT2D eigenvalue weighted by Crippen LogP contribution is -2.60. The van der Waals surface area contributed by atoms with Gasteiger partial charge in [-0.2, -0.15) is 0 Å². The van der Waals surface area contributed by atoms with Gasteiger partial charge in [-0.05, 0) is 44.6 Å². The second kappa shape index (κ2) is 4.37. The number of fused-ring (bicyclic) bond motifs is 2. The van der Waals surface area contributed by atoms with Crippen LogP contribution in [0.5, 0.6) is 0 Å². The quantitative estimate of drug-likeness (QED) is 0.505. The Labute approximate surface area is 113 Å². The molecule has 1 aliphatic carbocycles. The maximum absolute atomic E-state index is 2.60. The predicted molar refractivity (Wildman–Crippen MR) is 77.4 cm³/mol. The molecule has 3 rings (SSSR count). The summed E-state index contributed by atoms with van der Waals surface area (Å²) >= 11 is 0. The fourth-order valence-electron chi connectivity index (χ4n) is 5.28. The molecule has 0 amide bonds. The van der Waals surface area contributed by atoms with Gasteiger partial charge in [0.05, 0.1) is 20.1 Å². The summed E-state index contributed by atoms with van der Waals surface area (Å²) in [6, 6.07) is 0. The van der Waals surface area contributed by atoms with Crippen molar-refractivity contribution in [3.05, 3.63) is 11.1 Å². The standard InChI is InChI=1S/C17H30N/c1-4-7-14-12-17(2)16-9-6-5-8-15(16)10-11-18(17,3)13-14/h14H,4-13H2,1-3H3/q+1/t14-,17+,18?/m0/s1. The van der Waals surface area contributed by atoms with Crippen LogP contribution in [0.15, 0.2) is 11.1 Å². The minimum Gasteiger partial charge on any atom is -0.317 e. The molecule has 0 radical (unpaired) electrons. The Kier molecular flexibility index (Phi) is 3.09. The molecule has 1 heteroatoms. The molecule has 102 valence electrons. The highest BCUT2D eigenvalue weighted by atomic mass is 15.4. The third-order valence-electron chi connectivity index (χ3n) is 6.38. The minimum atomic E-state index is 0.508. The molecule has 0 saturated carbocycles. The Morgan fingerprint density at radius 3 is 2.78 bits per heavy atom. The summed E-state index contributed by atoms with van der Waals surface area (Å²) in [4.78, 5) is 0. The topological polar surface area (TPSA) is 0 Å². The smallest absolute Gasteiger partial charge is 0.118 e. The van der Waals surface area contributed by atoms with Gasteiger partial charge in [0.25, 0.3) is 0 Å². The Morgan fingerprint density at radius 2 is 2.00 bits per heavy atom. The Balaban J connectivity index is 1.94. The first kappa shape index (κ1) is 12.7. The number of likely N-dealkylation sites (N-methyl/N-ethyl adjacent to an activating group) is 1. The highest BCUT2D eigenvalue weighted by Crippen LogP contribution is 2.52. The second-order valence-corrected chi connectivity index (χ2v) is 7.47. The summed E-state index contributed by atoms with van der Waals surface area (Å²) in [5, 5.41) is 0. The van der Waals surface area contributed by atoms with E-state index in [1.165, 1.54) is 68.9 Å². The Bertz CT molecular complexity index is 370. The first-order valence-corrected chi connectivity index (χ1v) is 8.15. The van der Waals surface area contributed by atoms with Gasteiger partial charge in [0, 0.05) is 18.8 Å². The van der Waals surface area contributed by atoms with Crippen molar-refractivity contribution < 1.29 is 4.48 Å². The molecule has 18 heavy (non-hydrogen) atoms. The fraction of sp³-hybridized carbons (Fsp3) is 0.882. The van der Waals surface area contributed by atoms with Gasteiger partial charge in [-0.1, -0.05) is 18.9 Å². The van der Waals surface area contributed by atoms with Crippen molar-refractivity contribution >= 4 is 0 Å². The van der Waals surface area contributed by atoms with E-state index in [0.717, 1.165) is 5.92 Å². The van der Waals surface area contributed by atoms with Crippen molar-refractivity contribution in [1.29, 1.82) is 0 Å². The lowest BCUT2D eigenvalue weighted by atomic mass is 9.73. The van der Waals surface area contributed by atoms with Gasteiger partial charge >= 0.3 is 0 Å². The van der Waals surface area contributed by atoms with Gasteiger partial charge in [0.15, 0.2) is 0 Å². The molecule has 1 nitrogen and oxygen atoms in total. The van der Waals surface area contributed by atoms with Crippen molar-refractivity contribution in [1.82, 2.24) is 0 Å². The minimum absolute atomic E-state index is 0.508. The molecule has 1 saturated heterocycles. The summed E-state index contributed by atoms with van der Waals surface area (Å²) in [5.74, 6) is 0.985. The van der Waals surface area contributed by atoms with Gasteiger partial charge in [0.1, 0.15) is 5.54 Å². The third-order valence-corrected chi connectivity index (χ3v) is 6.38. The van der Waals surface area contributed by atoms with Gasteiger partial charge in [-0.25, -0.2) is 0 Å². The molecule has 1 fully saturated rings. The largest absolute Gasteiger partial charge is 0.317 e. The normalized spacial score (nSPS) is 43.8. The van der Waals surface area contributed by atoms with E-state index in [-0.39, 0.29) is 0 Å². The van der Waals surface area contributed by atoms with Crippen molar-refractivity contribution in [2.45, 2.75) is 70.8 Å². The molecule has 2 heterocycles. The number of hydrogen-bond donors (Lipinski definition) is 0. The van der Waals surface area contributed by atoms with Crippen molar-refractivity contribution in [2.75, 3.05) is 20.1 Å². The summed E-state index contributed by atoms with van der Waals surface area (Å²) < 4.78 is 1.36. The second-order valence-electron chi connectivity index (χ2n) is 7.47. The average molecular weight is 248 g/mol. The van der Waals surface area contributed by atoms with E-state index in [4.69, 9.17) is 0 Å². The van der Waals surface area contributed by atoms with Crippen LogP contribution in [0.1, 0.15) is 65.2 Å². The van der Waals surface area contributed by atoms with Crippen LogP contribution in [0, 0.1) is 5.92 Å². The van der Waals surface area contributed by atoms with Crippen LogP contribution >= 0.6 is 0 Å². The molecule has 0 aromatic rings. The summed E-state index contributed by atoms with van der Waals surface area (Å²) in [7, 11) is 2.55. The maximum atomic E-state index is 2.60. The molecule has 0 aromatic carbocycles. The fourth-order valence-corrected chi connectivity index (χ4v) is 5.28. The van der Waals surface area contributed by atoms with Crippen LogP contribution in [0.25, 0.3) is 0 Å². The molecular formula is C17H30N+. The lowest BCUT2D eigenvalue weighted by molar-refractivity contribution is -0.942. The SMILES string of the molecule is CCC[C@H]1C[C@]2(C)C3=C(CCCC3)CC[N+]2(C)C1. The zero-order valence-electron chi connectivity index (χ0n) is 12.6. The first-order chi connectivity index (χ1) is 8.59. The van der Waals surface area contributed by atoms with E-state index < -0.39 is 0 Å². The molecular weight excluding hydrogens is 218 g/mol. The van der Waals surface area contributed by atoms with Crippen molar-refractivity contribution in [3.8, 4) is 0 Å². The number of nitrogens with zero attached hydrogens (tertiary/aromatic N) is 1. The van der Waals surface area contributed by atoms with E-state index in [1.54, 1.807) is 0 Å². The monoisotopic (exact) mass is 248 g/mol.